The summed E-state index contributed by atoms with van der Waals surface area (Å²) in [5, 5.41) is 6.78. The zero-order valence-corrected chi connectivity index (χ0v) is 16.0. The number of hydrogen-bond donors (Lipinski definition) is 3. The van der Waals surface area contributed by atoms with E-state index in [1.54, 1.807) is 4.90 Å². The molecule has 2 aromatic rings. The number of H-pyrrole nitrogens is 1. The van der Waals surface area contributed by atoms with Gasteiger partial charge in [-0.15, -0.1) is 0 Å². The van der Waals surface area contributed by atoms with Crippen molar-refractivity contribution in [2.24, 2.45) is 5.92 Å². The van der Waals surface area contributed by atoms with Crippen LogP contribution in [0.15, 0.2) is 30.5 Å². The van der Waals surface area contributed by atoms with Gasteiger partial charge >= 0.3 is 6.03 Å². The van der Waals surface area contributed by atoms with Crippen molar-refractivity contribution in [2.75, 3.05) is 32.8 Å². The fourth-order valence-electron chi connectivity index (χ4n) is 3.23. The van der Waals surface area contributed by atoms with Crippen LogP contribution in [-0.2, 0) is 16.0 Å². The van der Waals surface area contributed by atoms with Crippen molar-refractivity contribution in [3.63, 3.8) is 0 Å². The first kappa shape index (κ1) is 19.2. The average Bonchev–Trinajstić information content (AvgIpc) is 3.09. The number of carbonyl (C=O) groups excluding carboxylic acids is 2. The number of aromatic amines is 1. The molecule has 1 unspecified atom stereocenters. The van der Waals surface area contributed by atoms with Crippen LogP contribution in [0.5, 0.6) is 0 Å². The second-order valence-corrected chi connectivity index (χ2v) is 7.30. The van der Waals surface area contributed by atoms with Crippen LogP contribution in [0.25, 0.3) is 10.9 Å². The Balaban J connectivity index is 1.75. The van der Waals surface area contributed by atoms with Crippen molar-refractivity contribution in [2.45, 2.75) is 26.3 Å². The molecule has 0 bridgehead atoms. The van der Waals surface area contributed by atoms with E-state index in [0.717, 1.165) is 16.5 Å². The van der Waals surface area contributed by atoms with Crippen LogP contribution in [0.3, 0.4) is 0 Å². The molecule has 1 atom stereocenters. The van der Waals surface area contributed by atoms with Gasteiger partial charge in [0.15, 0.2) is 0 Å². The number of hydrogen-bond acceptors (Lipinski definition) is 3. The lowest BCUT2D eigenvalue weighted by molar-refractivity contribution is -0.137. The molecule has 3 rings (SSSR count). The number of ether oxygens (including phenoxy) is 1. The molecule has 7 heteroatoms. The third kappa shape index (κ3) is 5.01. The van der Waals surface area contributed by atoms with Gasteiger partial charge in [0.1, 0.15) is 6.04 Å². The highest BCUT2D eigenvalue weighted by Gasteiger charge is 2.28. The van der Waals surface area contributed by atoms with Crippen LogP contribution >= 0.6 is 0 Å². The highest BCUT2D eigenvalue weighted by atomic mass is 16.5. The molecule has 1 fully saturated rings. The SMILES string of the molecule is CC(C)CNC(=O)NC(Cc1c[nH]c2ccccc12)C(=O)N1CCOCC1. The Morgan fingerprint density at radius 1 is 1.22 bits per heavy atom. The van der Waals surface area contributed by atoms with Gasteiger partial charge in [0.05, 0.1) is 13.2 Å². The van der Waals surface area contributed by atoms with Gasteiger partial charge in [-0.05, 0) is 17.5 Å². The minimum Gasteiger partial charge on any atom is -0.378 e. The number of benzene rings is 1. The lowest BCUT2D eigenvalue weighted by Crippen LogP contribution is -2.54. The molecule has 0 saturated carbocycles. The van der Waals surface area contributed by atoms with Crippen LogP contribution in [0.1, 0.15) is 19.4 Å². The lowest BCUT2D eigenvalue weighted by atomic mass is 10.0. The molecule has 1 saturated heterocycles. The molecule has 3 amide bonds. The Hall–Kier alpha value is -2.54. The summed E-state index contributed by atoms with van der Waals surface area (Å²) >= 11 is 0. The van der Waals surface area contributed by atoms with E-state index >= 15 is 0 Å². The fraction of sp³-hybridized carbons (Fsp3) is 0.500. The standard InChI is InChI=1S/C20H28N4O3/c1-14(2)12-22-20(26)23-18(19(25)24-7-9-27-10-8-24)11-15-13-21-17-6-4-3-5-16(15)17/h3-6,13-14,18,21H,7-12H2,1-2H3,(H2,22,23,26). The molecule has 1 aliphatic rings. The molecule has 146 valence electrons. The van der Waals surface area contributed by atoms with Gasteiger partial charge in [-0.25, -0.2) is 4.79 Å². The number of urea groups is 1. The maximum atomic E-state index is 13.1. The van der Waals surface area contributed by atoms with E-state index in [9.17, 15) is 9.59 Å². The van der Waals surface area contributed by atoms with Crippen molar-refractivity contribution >= 4 is 22.8 Å². The van der Waals surface area contributed by atoms with Crippen LogP contribution in [0.2, 0.25) is 0 Å². The van der Waals surface area contributed by atoms with E-state index in [4.69, 9.17) is 4.74 Å². The normalized spacial score (nSPS) is 15.7. The molecule has 0 radical (unpaired) electrons. The number of fused-ring (bicyclic) bond motifs is 1. The van der Waals surface area contributed by atoms with Crippen LogP contribution in [-0.4, -0.2) is 60.7 Å². The summed E-state index contributed by atoms with van der Waals surface area (Å²) in [7, 11) is 0. The first-order valence-electron chi connectivity index (χ1n) is 9.50. The van der Waals surface area contributed by atoms with E-state index in [1.807, 2.05) is 44.3 Å². The molecule has 1 aliphatic heterocycles. The second-order valence-electron chi connectivity index (χ2n) is 7.30. The summed E-state index contributed by atoms with van der Waals surface area (Å²) in [6.07, 6.45) is 2.35. The van der Waals surface area contributed by atoms with Gasteiger partial charge in [-0.2, -0.15) is 0 Å². The Morgan fingerprint density at radius 3 is 2.70 bits per heavy atom. The third-order valence-corrected chi connectivity index (χ3v) is 4.70. The first-order valence-corrected chi connectivity index (χ1v) is 9.50. The topological polar surface area (TPSA) is 86.5 Å². The number of rotatable bonds is 6. The zero-order chi connectivity index (χ0) is 19.2. The minimum atomic E-state index is -0.616. The molecule has 3 N–H and O–H groups in total. The highest BCUT2D eigenvalue weighted by Crippen LogP contribution is 2.20. The summed E-state index contributed by atoms with van der Waals surface area (Å²) in [6.45, 7) is 6.80. The van der Waals surface area contributed by atoms with Gasteiger partial charge in [-0.3, -0.25) is 4.79 Å². The second kappa shape index (κ2) is 8.90. The van der Waals surface area contributed by atoms with Gasteiger partial charge in [0.25, 0.3) is 0 Å². The quantitative estimate of drug-likeness (QED) is 0.724. The number of morpholine rings is 1. The largest absolute Gasteiger partial charge is 0.378 e. The monoisotopic (exact) mass is 372 g/mol. The molecule has 27 heavy (non-hydrogen) atoms. The van der Waals surface area contributed by atoms with Crippen LogP contribution < -0.4 is 10.6 Å². The minimum absolute atomic E-state index is 0.0664. The lowest BCUT2D eigenvalue weighted by Gasteiger charge is -2.30. The predicted molar refractivity (Wildman–Crippen MR) is 105 cm³/mol. The molecule has 1 aromatic carbocycles. The Bertz CT molecular complexity index is 780. The number of aromatic nitrogens is 1. The van der Waals surface area contributed by atoms with E-state index in [1.165, 1.54) is 0 Å². The Kier molecular flexibility index (Phi) is 6.34. The Morgan fingerprint density at radius 2 is 1.96 bits per heavy atom. The molecule has 1 aromatic heterocycles. The van der Waals surface area contributed by atoms with Crippen molar-refractivity contribution in [1.29, 1.82) is 0 Å². The predicted octanol–water partition coefficient (Wildman–Crippen LogP) is 1.89. The van der Waals surface area contributed by atoms with Crippen LogP contribution in [0.4, 0.5) is 4.79 Å². The van der Waals surface area contributed by atoms with E-state index < -0.39 is 6.04 Å². The number of carbonyl (C=O) groups is 2. The summed E-state index contributed by atoms with van der Waals surface area (Å²) < 4.78 is 5.34. The van der Waals surface area contributed by atoms with Gasteiger partial charge < -0.3 is 25.3 Å². The maximum absolute atomic E-state index is 13.1. The number of para-hydroxylation sites is 1. The van der Waals surface area contributed by atoms with Crippen molar-refractivity contribution in [3.05, 3.63) is 36.0 Å². The van der Waals surface area contributed by atoms with Gasteiger partial charge in [0, 0.05) is 43.2 Å². The fourth-order valence-corrected chi connectivity index (χ4v) is 3.23. The van der Waals surface area contributed by atoms with Gasteiger partial charge in [-0.1, -0.05) is 32.0 Å². The molecule has 2 heterocycles. The summed E-state index contributed by atoms with van der Waals surface area (Å²) in [4.78, 5) is 30.4. The summed E-state index contributed by atoms with van der Waals surface area (Å²) in [5.41, 5.74) is 2.04. The number of amides is 3. The third-order valence-electron chi connectivity index (χ3n) is 4.70. The van der Waals surface area contributed by atoms with E-state index in [0.29, 0.717) is 45.2 Å². The van der Waals surface area contributed by atoms with Gasteiger partial charge in [0.2, 0.25) is 5.91 Å². The molecular formula is C20H28N4O3. The summed E-state index contributed by atoms with van der Waals surface area (Å²) in [5.74, 6) is 0.279. The van der Waals surface area contributed by atoms with Crippen LogP contribution in [0, 0.1) is 5.92 Å². The maximum Gasteiger partial charge on any atom is 0.315 e. The van der Waals surface area contributed by atoms with E-state index in [2.05, 4.69) is 15.6 Å². The van der Waals surface area contributed by atoms with Crippen molar-refractivity contribution in [1.82, 2.24) is 20.5 Å². The number of nitrogens with one attached hydrogen (secondary N) is 3. The highest BCUT2D eigenvalue weighted by molar-refractivity contribution is 5.89. The summed E-state index contributed by atoms with van der Waals surface area (Å²) in [6, 6.07) is 7.04. The Labute approximate surface area is 159 Å². The molecule has 0 spiro atoms. The first-order chi connectivity index (χ1) is 13.0. The average molecular weight is 372 g/mol. The molecule has 7 nitrogen and oxygen atoms in total. The van der Waals surface area contributed by atoms with E-state index in [-0.39, 0.29) is 11.9 Å². The smallest absolute Gasteiger partial charge is 0.315 e. The van der Waals surface area contributed by atoms with Crippen molar-refractivity contribution in [3.8, 4) is 0 Å². The molecule has 0 aliphatic carbocycles. The van der Waals surface area contributed by atoms with Crippen molar-refractivity contribution < 1.29 is 14.3 Å². The number of nitrogens with zero attached hydrogens (tertiary/aromatic N) is 1. The molecular weight excluding hydrogens is 344 g/mol. The zero-order valence-electron chi connectivity index (χ0n) is 16.0.